The van der Waals surface area contributed by atoms with Crippen LogP contribution in [0.1, 0.15) is 5.56 Å². The fourth-order valence-electron chi connectivity index (χ4n) is 7.61. The SMILES string of the molecule is Cc1cc(-c2ccccc2)cc(-c2ccc(-c3nc(-c4ccccc4)nc(-c4ccc5c(c4)oc4cccc(-c6cccc(-c7ccccc7)c6)c45)n3)cc2)c1. The average molecular weight is 718 g/mol. The summed E-state index contributed by atoms with van der Waals surface area (Å²) >= 11 is 0. The van der Waals surface area contributed by atoms with Gasteiger partial charge in [0, 0.05) is 27.5 Å². The predicted octanol–water partition coefficient (Wildman–Crippen LogP) is 13.7. The Morgan fingerprint density at radius 3 is 1.45 bits per heavy atom. The van der Waals surface area contributed by atoms with E-state index in [0.717, 1.165) is 55.3 Å². The zero-order chi connectivity index (χ0) is 37.4. The summed E-state index contributed by atoms with van der Waals surface area (Å²) in [7, 11) is 0. The Morgan fingerprint density at radius 1 is 0.321 bits per heavy atom. The predicted molar refractivity (Wildman–Crippen MR) is 230 cm³/mol. The molecule has 0 amide bonds. The molecule has 8 aromatic carbocycles. The number of nitrogens with zero attached hydrogens (tertiary/aromatic N) is 3. The molecule has 10 aromatic rings. The van der Waals surface area contributed by atoms with Gasteiger partial charge in [-0.25, -0.2) is 15.0 Å². The second-order valence-corrected chi connectivity index (χ2v) is 14.1. The molecule has 56 heavy (non-hydrogen) atoms. The van der Waals surface area contributed by atoms with Gasteiger partial charge in [-0.15, -0.1) is 0 Å². The van der Waals surface area contributed by atoms with E-state index in [-0.39, 0.29) is 0 Å². The lowest BCUT2D eigenvalue weighted by Gasteiger charge is -2.11. The molecule has 0 saturated carbocycles. The Labute approximate surface area is 325 Å². The van der Waals surface area contributed by atoms with Crippen LogP contribution >= 0.6 is 0 Å². The summed E-state index contributed by atoms with van der Waals surface area (Å²) in [5.41, 5.74) is 14.9. The van der Waals surface area contributed by atoms with E-state index in [0.29, 0.717) is 17.5 Å². The molecule has 0 aliphatic heterocycles. The van der Waals surface area contributed by atoms with Crippen molar-refractivity contribution in [3.05, 3.63) is 200 Å². The molecule has 4 nitrogen and oxygen atoms in total. The minimum absolute atomic E-state index is 0.585. The first-order valence-corrected chi connectivity index (χ1v) is 18.8. The summed E-state index contributed by atoms with van der Waals surface area (Å²) in [5, 5.41) is 2.13. The Kier molecular flexibility index (Phi) is 8.34. The van der Waals surface area contributed by atoms with E-state index in [4.69, 9.17) is 19.4 Å². The maximum Gasteiger partial charge on any atom is 0.164 e. The zero-order valence-electron chi connectivity index (χ0n) is 30.7. The van der Waals surface area contributed by atoms with E-state index in [2.05, 4.69) is 159 Å². The first-order valence-electron chi connectivity index (χ1n) is 18.8. The van der Waals surface area contributed by atoms with Crippen molar-refractivity contribution < 1.29 is 4.42 Å². The van der Waals surface area contributed by atoms with Gasteiger partial charge in [0.1, 0.15) is 11.2 Å². The second kappa shape index (κ2) is 14.1. The van der Waals surface area contributed by atoms with Gasteiger partial charge in [0.25, 0.3) is 0 Å². The van der Waals surface area contributed by atoms with Crippen LogP contribution in [0.25, 0.3) is 101 Å². The summed E-state index contributed by atoms with van der Waals surface area (Å²) in [6.07, 6.45) is 0. The highest BCUT2D eigenvalue weighted by Gasteiger charge is 2.17. The van der Waals surface area contributed by atoms with Crippen LogP contribution in [0.2, 0.25) is 0 Å². The highest BCUT2D eigenvalue weighted by Crippen LogP contribution is 2.39. The van der Waals surface area contributed by atoms with Gasteiger partial charge in [0.2, 0.25) is 0 Å². The van der Waals surface area contributed by atoms with Crippen LogP contribution in [-0.4, -0.2) is 15.0 Å². The first-order chi connectivity index (χ1) is 27.6. The standard InChI is InChI=1S/C52H35N3O/c1-34-29-43(36-15-7-3-8-16-36)32-44(30-34)37-23-25-39(26-24-37)51-53-50(38-17-9-4-10-18-38)54-52(55-51)42-27-28-46-48(33-42)56-47-22-12-21-45(49(46)47)41-20-11-19-40(31-41)35-13-5-2-6-14-35/h2-33H,1H3. The molecule has 0 bridgehead atoms. The third-order valence-corrected chi connectivity index (χ3v) is 10.4. The van der Waals surface area contributed by atoms with E-state index in [1.165, 1.54) is 33.4 Å². The quantitative estimate of drug-likeness (QED) is 0.165. The topological polar surface area (TPSA) is 51.8 Å². The fraction of sp³-hybridized carbons (Fsp3) is 0.0192. The van der Waals surface area contributed by atoms with Gasteiger partial charge < -0.3 is 4.42 Å². The lowest BCUT2D eigenvalue weighted by Crippen LogP contribution is -2.00. The van der Waals surface area contributed by atoms with Gasteiger partial charge in [-0.1, -0.05) is 164 Å². The van der Waals surface area contributed by atoms with E-state index in [1.807, 2.05) is 42.5 Å². The summed E-state index contributed by atoms with van der Waals surface area (Å²) in [5.74, 6) is 1.81. The molecule has 0 atom stereocenters. The summed E-state index contributed by atoms with van der Waals surface area (Å²) in [6.45, 7) is 2.15. The van der Waals surface area contributed by atoms with Crippen LogP contribution in [0.4, 0.5) is 0 Å². The third kappa shape index (κ3) is 6.33. The van der Waals surface area contributed by atoms with E-state index in [9.17, 15) is 0 Å². The largest absolute Gasteiger partial charge is 0.456 e. The molecular weight excluding hydrogens is 683 g/mol. The maximum atomic E-state index is 6.55. The van der Waals surface area contributed by atoms with Crippen molar-refractivity contribution in [2.45, 2.75) is 6.92 Å². The van der Waals surface area contributed by atoms with Gasteiger partial charge in [-0.2, -0.15) is 0 Å². The number of benzene rings is 8. The minimum Gasteiger partial charge on any atom is -0.456 e. The Bertz CT molecular complexity index is 3010. The van der Waals surface area contributed by atoms with Crippen LogP contribution in [0.5, 0.6) is 0 Å². The molecule has 0 fully saturated rings. The van der Waals surface area contributed by atoms with Crippen LogP contribution in [0.15, 0.2) is 199 Å². The van der Waals surface area contributed by atoms with Crippen molar-refractivity contribution in [1.82, 2.24) is 15.0 Å². The van der Waals surface area contributed by atoms with E-state index >= 15 is 0 Å². The molecule has 0 unspecified atom stereocenters. The van der Waals surface area contributed by atoms with Crippen LogP contribution < -0.4 is 0 Å². The zero-order valence-corrected chi connectivity index (χ0v) is 30.7. The van der Waals surface area contributed by atoms with Gasteiger partial charge in [-0.3, -0.25) is 0 Å². The summed E-state index contributed by atoms with van der Waals surface area (Å²) < 4.78 is 6.55. The van der Waals surface area contributed by atoms with Crippen molar-refractivity contribution in [3.8, 4) is 78.7 Å². The molecule has 2 heterocycles. The molecule has 0 aliphatic rings. The van der Waals surface area contributed by atoms with Crippen LogP contribution in [0.3, 0.4) is 0 Å². The third-order valence-electron chi connectivity index (χ3n) is 10.4. The summed E-state index contributed by atoms with van der Waals surface area (Å²) in [4.78, 5) is 15.1. The number of furan rings is 1. The normalized spacial score (nSPS) is 11.3. The number of hydrogen-bond donors (Lipinski definition) is 0. The van der Waals surface area contributed by atoms with Crippen molar-refractivity contribution in [2.75, 3.05) is 0 Å². The van der Waals surface area contributed by atoms with Gasteiger partial charge >= 0.3 is 0 Å². The monoisotopic (exact) mass is 717 g/mol. The number of fused-ring (bicyclic) bond motifs is 3. The second-order valence-electron chi connectivity index (χ2n) is 14.1. The molecule has 0 aliphatic carbocycles. The molecule has 0 saturated heterocycles. The Hall–Kier alpha value is -7.43. The van der Waals surface area contributed by atoms with Crippen molar-refractivity contribution in [1.29, 1.82) is 0 Å². The molecule has 2 aromatic heterocycles. The Balaban J connectivity index is 1.04. The van der Waals surface area contributed by atoms with Crippen molar-refractivity contribution in [2.24, 2.45) is 0 Å². The van der Waals surface area contributed by atoms with Gasteiger partial charge in [-0.05, 0) is 87.3 Å². The Morgan fingerprint density at radius 2 is 0.786 bits per heavy atom. The van der Waals surface area contributed by atoms with Crippen molar-refractivity contribution >= 4 is 21.9 Å². The molecule has 10 rings (SSSR count). The lowest BCUT2D eigenvalue weighted by atomic mass is 9.96. The highest BCUT2D eigenvalue weighted by atomic mass is 16.3. The number of hydrogen-bond acceptors (Lipinski definition) is 4. The smallest absolute Gasteiger partial charge is 0.164 e. The molecule has 0 spiro atoms. The van der Waals surface area contributed by atoms with Gasteiger partial charge in [0.15, 0.2) is 17.5 Å². The van der Waals surface area contributed by atoms with Crippen molar-refractivity contribution in [3.63, 3.8) is 0 Å². The first kappa shape index (κ1) is 33.2. The number of aryl methyl sites for hydroxylation is 1. The number of aromatic nitrogens is 3. The molecule has 0 radical (unpaired) electrons. The minimum atomic E-state index is 0.585. The maximum absolute atomic E-state index is 6.55. The molecule has 264 valence electrons. The summed E-state index contributed by atoms with van der Waals surface area (Å²) in [6, 6.07) is 67.6. The number of rotatable bonds is 7. The van der Waals surface area contributed by atoms with Gasteiger partial charge in [0.05, 0.1) is 0 Å². The molecular formula is C52H35N3O. The fourth-order valence-corrected chi connectivity index (χ4v) is 7.61. The highest BCUT2D eigenvalue weighted by molar-refractivity contribution is 6.13. The lowest BCUT2D eigenvalue weighted by molar-refractivity contribution is 0.669. The van der Waals surface area contributed by atoms with E-state index in [1.54, 1.807) is 0 Å². The molecule has 4 heteroatoms. The van der Waals surface area contributed by atoms with Crippen LogP contribution in [-0.2, 0) is 0 Å². The van der Waals surface area contributed by atoms with Crippen LogP contribution in [0, 0.1) is 6.92 Å². The molecule has 0 N–H and O–H groups in total. The van der Waals surface area contributed by atoms with E-state index < -0.39 is 0 Å². The average Bonchev–Trinajstić information content (AvgIpc) is 3.65.